The summed E-state index contributed by atoms with van der Waals surface area (Å²) in [4.78, 5) is 22.1. The van der Waals surface area contributed by atoms with E-state index in [1.807, 2.05) is 19.1 Å². The third kappa shape index (κ3) is 4.37. The molecule has 5 nitrogen and oxygen atoms in total. The Bertz CT molecular complexity index is 463. The van der Waals surface area contributed by atoms with E-state index in [4.69, 9.17) is 5.11 Å². The van der Waals surface area contributed by atoms with E-state index in [2.05, 4.69) is 26.6 Å². The number of amides is 2. The van der Waals surface area contributed by atoms with Gasteiger partial charge in [0.25, 0.3) is 0 Å². The van der Waals surface area contributed by atoms with Crippen LogP contribution >= 0.6 is 15.9 Å². The first-order valence-electron chi connectivity index (χ1n) is 5.44. The zero-order valence-corrected chi connectivity index (χ0v) is 11.7. The molecular formula is C12H15BrN2O3. The number of aliphatic carboxylic acids is 1. The standard InChI is InChI=1S/C12H15BrN2O3/c1-7(6-11(16)17)14-12(18)15-10-5-3-4-9(13)8(10)2/h3-5,7H,6H2,1-2H3,(H,16,17)(H2,14,15,18). The molecule has 0 aliphatic carbocycles. The molecule has 1 atom stereocenters. The van der Waals surface area contributed by atoms with Crippen molar-refractivity contribution in [1.29, 1.82) is 0 Å². The van der Waals surface area contributed by atoms with Gasteiger partial charge in [-0.25, -0.2) is 4.79 Å². The van der Waals surface area contributed by atoms with Crippen molar-refractivity contribution in [2.45, 2.75) is 26.3 Å². The first-order chi connectivity index (χ1) is 8.40. The third-order valence-electron chi connectivity index (χ3n) is 2.37. The summed E-state index contributed by atoms with van der Waals surface area (Å²) >= 11 is 3.37. The van der Waals surface area contributed by atoms with Crippen LogP contribution in [0.4, 0.5) is 10.5 Å². The molecule has 0 saturated carbocycles. The van der Waals surface area contributed by atoms with Gasteiger partial charge in [0.1, 0.15) is 0 Å². The average molecular weight is 315 g/mol. The lowest BCUT2D eigenvalue weighted by atomic mass is 10.2. The van der Waals surface area contributed by atoms with Crippen molar-refractivity contribution in [3.8, 4) is 0 Å². The molecule has 0 fully saturated rings. The molecule has 3 N–H and O–H groups in total. The van der Waals surface area contributed by atoms with Crippen LogP contribution in [0, 0.1) is 6.92 Å². The molecule has 0 radical (unpaired) electrons. The van der Waals surface area contributed by atoms with Crippen LogP contribution in [0.5, 0.6) is 0 Å². The molecule has 1 rings (SSSR count). The van der Waals surface area contributed by atoms with Crippen molar-refractivity contribution >= 4 is 33.6 Å². The van der Waals surface area contributed by atoms with Gasteiger partial charge >= 0.3 is 12.0 Å². The zero-order valence-electron chi connectivity index (χ0n) is 10.2. The molecule has 0 saturated heterocycles. The first kappa shape index (κ1) is 14.5. The quantitative estimate of drug-likeness (QED) is 0.799. The summed E-state index contributed by atoms with van der Waals surface area (Å²) in [7, 11) is 0. The van der Waals surface area contributed by atoms with Crippen LogP contribution in [0.1, 0.15) is 18.9 Å². The van der Waals surface area contributed by atoms with Crippen molar-refractivity contribution in [3.05, 3.63) is 28.2 Å². The Balaban J connectivity index is 2.59. The maximum absolute atomic E-state index is 11.6. The molecule has 98 valence electrons. The SMILES string of the molecule is Cc1c(Br)cccc1NC(=O)NC(C)CC(=O)O. The maximum atomic E-state index is 11.6. The van der Waals surface area contributed by atoms with Gasteiger partial charge in [-0.1, -0.05) is 22.0 Å². The molecule has 0 spiro atoms. The fourth-order valence-corrected chi connectivity index (χ4v) is 1.80. The summed E-state index contributed by atoms with van der Waals surface area (Å²) in [6.07, 6.45) is -0.106. The molecule has 0 heterocycles. The summed E-state index contributed by atoms with van der Waals surface area (Å²) in [6.45, 7) is 3.52. The first-order valence-corrected chi connectivity index (χ1v) is 6.24. The van der Waals surface area contributed by atoms with Gasteiger partial charge in [0.15, 0.2) is 0 Å². The largest absolute Gasteiger partial charge is 0.481 e. The van der Waals surface area contributed by atoms with Crippen molar-refractivity contribution in [1.82, 2.24) is 5.32 Å². The van der Waals surface area contributed by atoms with E-state index >= 15 is 0 Å². The second-order valence-corrected chi connectivity index (χ2v) is 4.86. The van der Waals surface area contributed by atoms with E-state index in [0.717, 1.165) is 10.0 Å². The lowest BCUT2D eigenvalue weighted by molar-refractivity contribution is -0.137. The van der Waals surface area contributed by atoms with Crippen LogP contribution < -0.4 is 10.6 Å². The van der Waals surface area contributed by atoms with Crippen molar-refractivity contribution in [3.63, 3.8) is 0 Å². The van der Waals surface area contributed by atoms with Crippen LogP contribution in [-0.4, -0.2) is 23.1 Å². The van der Waals surface area contributed by atoms with E-state index in [-0.39, 0.29) is 6.42 Å². The molecule has 18 heavy (non-hydrogen) atoms. The minimum absolute atomic E-state index is 0.106. The predicted molar refractivity (Wildman–Crippen MR) is 72.7 cm³/mol. The summed E-state index contributed by atoms with van der Waals surface area (Å²) in [5.74, 6) is -0.943. The highest BCUT2D eigenvalue weighted by molar-refractivity contribution is 9.10. The Labute approximate surface area is 114 Å². The number of hydrogen-bond donors (Lipinski definition) is 3. The number of carbonyl (C=O) groups excluding carboxylic acids is 1. The van der Waals surface area contributed by atoms with Gasteiger partial charge < -0.3 is 15.7 Å². The second kappa shape index (κ2) is 6.39. The minimum Gasteiger partial charge on any atom is -0.481 e. The molecule has 2 amide bonds. The zero-order chi connectivity index (χ0) is 13.7. The van der Waals surface area contributed by atoms with E-state index in [9.17, 15) is 9.59 Å². The maximum Gasteiger partial charge on any atom is 0.319 e. The fraction of sp³-hybridized carbons (Fsp3) is 0.333. The highest BCUT2D eigenvalue weighted by Crippen LogP contribution is 2.23. The topological polar surface area (TPSA) is 78.4 Å². The fourth-order valence-electron chi connectivity index (χ4n) is 1.44. The summed E-state index contributed by atoms with van der Waals surface area (Å²) in [5, 5.41) is 13.8. The lowest BCUT2D eigenvalue weighted by Gasteiger charge is -2.14. The Morgan fingerprint density at radius 2 is 2.11 bits per heavy atom. The van der Waals surface area contributed by atoms with Crippen LogP contribution in [0.25, 0.3) is 0 Å². The van der Waals surface area contributed by atoms with Gasteiger partial charge in [-0.3, -0.25) is 4.79 Å². The molecule has 1 aromatic carbocycles. The van der Waals surface area contributed by atoms with Gasteiger partial charge in [-0.15, -0.1) is 0 Å². The third-order valence-corrected chi connectivity index (χ3v) is 3.23. The Kier molecular flexibility index (Phi) is 5.15. The number of halogens is 1. The Morgan fingerprint density at radius 1 is 1.44 bits per heavy atom. The number of carboxylic acid groups (broad SMARTS) is 1. The van der Waals surface area contributed by atoms with Crippen molar-refractivity contribution in [2.24, 2.45) is 0 Å². The molecule has 0 aromatic heterocycles. The van der Waals surface area contributed by atoms with Crippen LogP contribution in [0.2, 0.25) is 0 Å². The number of hydrogen-bond acceptors (Lipinski definition) is 2. The van der Waals surface area contributed by atoms with E-state index in [0.29, 0.717) is 5.69 Å². The van der Waals surface area contributed by atoms with Gasteiger partial charge in [0.2, 0.25) is 0 Å². The smallest absolute Gasteiger partial charge is 0.319 e. The minimum atomic E-state index is -0.943. The van der Waals surface area contributed by atoms with Gasteiger partial charge in [0.05, 0.1) is 6.42 Å². The molecule has 6 heteroatoms. The highest BCUT2D eigenvalue weighted by Gasteiger charge is 2.11. The number of nitrogens with one attached hydrogen (secondary N) is 2. The van der Waals surface area contributed by atoms with Gasteiger partial charge in [-0.05, 0) is 31.5 Å². The van der Waals surface area contributed by atoms with E-state index in [1.165, 1.54) is 0 Å². The molecule has 1 aromatic rings. The second-order valence-electron chi connectivity index (χ2n) is 4.01. The molecule has 0 aliphatic rings. The number of anilines is 1. The number of carboxylic acids is 1. The van der Waals surface area contributed by atoms with E-state index in [1.54, 1.807) is 13.0 Å². The molecule has 0 aliphatic heterocycles. The van der Waals surface area contributed by atoms with Gasteiger partial charge in [0, 0.05) is 16.2 Å². The Hall–Kier alpha value is -1.56. The van der Waals surface area contributed by atoms with Gasteiger partial charge in [-0.2, -0.15) is 0 Å². The van der Waals surface area contributed by atoms with E-state index < -0.39 is 18.0 Å². The predicted octanol–water partition coefficient (Wildman–Crippen LogP) is 2.74. The van der Waals surface area contributed by atoms with Crippen LogP contribution in [0.3, 0.4) is 0 Å². The number of benzene rings is 1. The normalized spacial score (nSPS) is 11.7. The number of rotatable bonds is 4. The molecule has 1 unspecified atom stereocenters. The molecular weight excluding hydrogens is 300 g/mol. The Morgan fingerprint density at radius 3 is 2.72 bits per heavy atom. The van der Waals surface area contributed by atoms with Crippen LogP contribution in [0.15, 0.2) is 22.7 Å². The van der Waals surface area contributed by atoms with Crippen molar-refractivity contribution < 1.29 is 14.7 Å². The number of carbonyl (C=O) groups is 2. The number of urea groups is 1. The lowest BCUT2D eigenvalue weighted by Crippen LogP contribution is -2.37. The van der Waals surface area contributed by atoms with Crippen molar-refractivity contribution in [2.75, 3.05) is 5.32 Å². The van der Waals surface area contributed by atoms with Crippen LogP contribution in [-0.2, 0) is 4.79 Å². The monoisotopic (exact) mass is 314 g/mol. The highest BCUT2D eigenvalue weighted by atomic mass is 79.9. The average Bonchev–Trinajstić information content (AvgIpc) is 2.23. The summed E-state index contributed by atoms with van der Waals surface area (Å²) < 4.78 is 0.902. The summed E-state index contributed by atoms with van der Waals surface area (Å²) in [5.41, 5.74) is 1.60. The molecule has 0 bridgehead atoms. The summed E-state index contributed by atoms with van der Waals surface area (Å²) in [6, 6.07) is 4.64.